The zero-order valence-corrected chi connectivity index (χ0v) is 12.4. The maximum Gasteiger partial charge on any atom is 0.241 e. The van der Waals surface area contributed by atoms with Crippen LogP contribution in [0.25, 0.3) is 0 Å². The van der Waals surface area contributed by atoms with Gasteiger partial charge in [0, 0.05) is 36.3 Å². The Hall–Kier alpha value is -1.14. The van der Waals surface area contributed by atoms with E-state index in [0.29, 0.717) is 4.47 Å². The van der Waals surface area contributed by atoms with E-state index in [2.05, 4.69) is 33.2 Å². The van der Waals surface area contributed by atoms with Gasteiger partial charge in [-0.2, -0.15) is 0 Å². The molecule has 2 rings (SSSR count). The fourth-order valence-electron chi connectivity index (χ4n) is 1.97. The predicted molar refractivity (Wildman–Crippen MR) is 76.7 cm³/mol. The van der Waals surface area contributed by atoms with Crippen LogP contribution in [0, 0.1) is 5.82 Å². The molecular weight excluding hydrogens is 313 g/mol. The van der Waals surface area contributed by atoms with Gasteiger partial charge in [-0.05, 0) is 41.2 Å². The lowest BCUT2D eigenvalue weighted by Crippen LogP contribution is -2.48. The number of carbonyl (C=O) groups is 1. The molecule has 0 saturated carbocycles. The number of hydrogen-bond donors (Lipinski definition) is 1. The van der Waals surface area contributed by atoms with Crippen LogP contribution in [0.5, 0.6) is 0 Å². The molecule has 1 aromatic rings. The molecule has 0 spiro atoms. The van der Waals surface area contributed by atoms with Gasteiger partial charge >= 0.3 is 0 Å². The maximum absolute atomic E-state index is 12.9. The van der Waals surface area contributed by atoms with Crippen molar-refractivity contribution >= 4 is 27.5 Å². The van der Waals surface area contributed by atoms with E-state index in [1.54, 1.807) is 6.07 Å². The summed E-state index contributed by atoms with van der Waals surface area (Å²) < 4.78 is 13.6. The van der Waals surface area contributed by atoms with Crippen molar-refractivity contribution in [2.75, 3.05) is 45.1 Å². The Morgan fingerprint density at radius 3 is 2.68 bits per heavy atom. The van der Waals surface area contributed by atoms with E-state index in [-0.39, 0.29) is 18.3 Å². The molecular formula is C13H17BrFN3O. The molecule has 19 heavy (non-hydrogen) atoms. The van der Waals surface area contributed by atoms with Gasteiger partial charge in [0.2, 0.25) is 5.91 Å². The quantitative estimate of drug-likeness (QED) is 0.918. The summed E-state index contributed by atoms with van der Waals surface area (Å²) in [6.07, 6.45) is 0. The molecule has 0 atom stereocenters. The van der Waals surface area contributed by atoms with Crippen LogP contribution in [0.4, 0.5) is 10.1 Å². The molecule has 1 amide bonds. The smallest absolute Gasteiger partial charge is 0.241 e. The third kappa shape index (κ3) is 3.91. The van der Waals surface area contributed by atoms with Gasteiger partial charge in [0.1, 0.15) is 5.82 Å². The second kappa shape index (κ2) is 6.34. The van der Waals surface area contributed by atoms with Gasteiger partial charge in [0.15, 0.2) is 0 Å². The van der Waals surface area contributed by atoms with E-state index in [1.165, 1.54) is 12.1 Å². The monoisotopic (exact) mass is 329 g/mol. The molecule has 1 heterocycles. The zero-order valence-electron chi connectivity index (χ0n) is 10.8. The summed E-state index contributed by atoms with van der Waals surface area (Å²) in [6.45, 7) is 3.58. The van der Waals surface area contributed by atoms with Crippen LogP contribution in [0.15, 0.2) is 22.7 Å². The largest absolute Gasteiger partial charge is 0.375 e. The maximum atomic E-state index is 12.9. The second-order valence-electron chi connectivity index (χ2n) is 4.66. The molecule has 104 valence electrons. The highest BCUT2D eigenvalue weighted by Crippen LogP contribution is 2.22. The van der Waals surface area contributed by atoms with E-state index in [1.807, 2.05) is 4.90 Å². The Bertz CT molecular complexity index is 461. The van der Waals surface area contributed by atoms with Crippen molar-refractivity contribution in [1.29, 1.82) is 0 Å². The SMILES string of the molecule is CN1CCN(C(=O)CNc2ccc(F)cc2Br)CC1. The molecule has 0 radical (unpaired) electrons. The average molecular weight is 330 g/mol. The summed E-state index contributed by atoms with van der Waals surface area (Å²) in [5.74, 6) is -0.229. The van der Waals surface area contributed by atoms with Crippen LogP contribution in [0.2, 0.25) is 0 Å². The number of hydrogen-bond acceptors (Lipinski definition) is 3. The standard InChI is InChI=1S/C13H17BrFN3O/c1-17-4-6-18(7-5-17)13(19)9-16-12-3-2-10(15)8-11(12)14/h2-3,8,16H,4-7,9H2,1H3. The van der Waals surface area contributed by atoms with Gasteiger partial charge in [0.05, 0.1) is 6.54 Å². The van der Waals surface area contributed by atoms with Crippen molar-refractivity contribution in [3.05, 3.63) is 28.5 Å². The van der Waals surface area contributed by atoms with Crippen LogP contribution in [0.1, 0.15) is 0 Å². The fraction of sp³-hybridized carbons (Fsp3) is 0.462. The summed E-state index contributed by atoms with van der Waals surface area (Å²) in [5.41, 5.74) is 0.726. The van der Waals surface area contributed by atoms with E-state index in [0.717, 1.165) is 31.9 Å². The van der Waals surface area contributed by atoms with E-state index in [9.17, 15) is 9.18 Å². The van der Waals surface area contributed by atoms with Crippen molar-refractivity contribution < 1.29 is 9.18 Å². The normalized spacial score (nSPS) is 16.5. The molecule has 0 unspecified atom stereocenters. The minimum atomic E-state index is -0.303. The number of likely N-dealkylation sites (N-methyl/N-ethyl adjacent to an activating group) is 1. The van der Waals surface area contributed by atoms with Crippen LogP contribution >= 0.6 is 15.9 Å². The first kappa shape index (κ1) is 14.3. The molecule has 1 fully saturated rings. The summed E-state index contributed by atoms with van der Waals surface area (Å²) in [7, 11) is 2.05. The van der Waals surface area contributed by atoms with E-state index in [4.69, 9.17) is 0 Å². The molecule has 1 N–H and O–H groups in total. The number of halogens is 2. The first-order chi connectivity index (χ1) is 9.06. The van der Waals surface area contributed by atoms with Gasteiger partial charge in [-0.15, -0.1) is 0 Å². The molecule has 6 heteroatoms. The molecule has 4 nitrogen and oxygen atoms in total. The summed E-state index contributed by atoms with van der Waals surface area (Å²) in [5, 5.41) is 3.03. The topological polar surface area (TPSA) is 35.6 Å². The Kier molecular flexibility index (Phi) is 4.76. The molecule has 0 bridgehead atoms. The van der Waals surface area contributed by atoms with Crippen LogP contribution in [0.3, 0.4) is 0 Å². The number of carbonyl (C=O) groups excluding carboxylic acids is 1. The molecule has 1 aliphatic heterocycles. The number of nitrogens with one attached hydrogen (secondary N) is 1. The minimum Gasteiger partial charge on any atom is -0.375 e. The number of piperazine rings is 1. The van der Waals surface area contributed by atoms with Gasteiger partial charge in [-0.25, -0.2) is 4.39 Å². The minimum absolute atomic E-state index is 0.0734. The lowest BCUT2D eigenvalue weighted by Gasteiger charge is -2.32. The van der Waals surface area contributed by atoms with Gasteiger partial charge in [0.25, 0.3) is 0 Å². The third-order valence-corrected chi connectivity index (χ3v) is 3.87. The van der Waals surface area contributed by atoms with Crippen molar-refractivity contribution in [1.82, 2.24) is 9.80 Å². The van der Waals surface area contributed by atoms with Gasteiger partial charge < -0.3 is 15.1 Å². The Labute approximate surface area is 120 Å². The number of anilines is 1. The lowest BCUT2D eigenvalue weighted by atomic mass is 10.3. The second-order valence-corrected chi connectivity index (χ2v) is 5.52. The molecule has 0 aliphatic carbocycles. The number of benzene rings is 1. The fourth-order valence-corrected chi connectivity index (χ4v) is 2.46. The highest BCUT2D eigenvalue weighted by atomic mass is 79.9. The highest BCUT2D eigenvalue weighted by Gasteiger charge is 2.18. The predicted octanol–water partition coefficient (Wildman–Crippen LogP) is 1.77. The first-order valence-electron chi connectivity index (χ1n) is 6.21. The van der Waals surface area contributed by atoms with Crippen molar-refractivity contribution in [2.45, 2.75) is 0 Å². The van der Waals surface area contributed by atoms with Crippen LogP contribution < -0.4 is 5.32 Å². The van der Waals surface area contributed by atoms with Crippen molar-refractivity contribution in [3.63, 3.8) is 0 Å². The molecule has 1 saturated heterocycles. The average Bonchev–Trinajstić information content (AvgIpc) is 2.38. The molecule has 1 aliphatic rings. The Balaban J connectivity index is 1.86. The van der Waals surface area contributed by atoms with Crippen LogP contribution in [-0.4, -0.2) is 55.5 Å². The molecule has 0 aromatic heterocycles. The summed E-state index contributed by atoms with van der Waals surface area (Å²) in [6, 6.07) is 4.37. The lowest BCUT2D eigenvalue weighted by molar-refractivity contribution is -0.130. The van der Waals surface area contributed by atoms with Gasteiger partial charge in [-0.3, -0.25) is 4.79 Å². The third-order valence-electron chi connectivity index (χ3n) is 3.22. The number of rotatable bonds is 3. The van der Waals surface area contributed by atoms with Gasteiger partial charge in [-0.1, -0.05) is 0 Å². The molecule has 1 aromatic carbocycles. The Morgan fingerprint density at radius 1 is 1.37 bits per heavy atom. The summed E-state index contributed by atoms with van der Waals surface area (Å²) >= 11 is 3.27. The highest BCUT2D eigenvalue weighted by molar-refractivity contribution is 9.10. The van der Waals surface area contributed by atoms with E-state index < -0.39 is 0 Å². The van der Waals surface area contributed by atoms with Crippen molar-refractivity contribution in [3.8, 4) is 0 Å². The number of nitrogens with zero attached hydrogens (tertiary/aromatic N) is 2. The summed E-state index contributed by atoms with van der Waals surface area (Å²) in [4.78, 5) is 16.1. The first-order valence-corrected chi connectivity index (χ1v) is 7.01. The van der Waals surface area contributed by atoms with Crippen molar-refractivity contribution in [2.24, 2.45) is 0 Å². The van der Waals surface area contributed by atoms with Crippen LogP contribution in [-0.2, 0) is 4.79 Å². The zero-order chi connectivity index (χ0) is 13.8. The number of amides is 1. The Morgan fingerprint density at radius 2 is 2.05 bits per heavy atom. The van der Waals surface area contributed by atoms with E-state index >= 15 is 0 Å².